The summed E-state index contributed by atoms with van der Waals surface area (Å²) in [6.07, 6.45) is 54.0. The van der Waals surface area contributed by atoms with Crippen molar-refractivity contribution in [2.24, 2.45) is 0 Å². The van der Waals surface area contributed by atoms with Crippen molar-refractivity contribution in [2.75, 3.05) is 6.61 Å². The molecule has 0 aromatic carbocycles. The van der Waals surface area contributed by atoms with Crippen molar-refractivity contribution in [3.8, 4) is 0 Å². The van der Waals surface area contributed by atoms with Crippen LogP contribution in [0.1, 0.15) is 207 Å². The van der Waals surface area contributed by atoms with E-state index in [1.54, 1.807) is 0 Å². The van der Waals surface area contributed by atoms with Gasteiger partial charge in [-0.15, -0.1) is 0 Å². The number of unbranched alkanes of at least 4 members (excludes halogenated alkanes) is 19. The van der Waals surface area contributed by atoms with Crippen LogP contribution in [0.3, 0.4) is 0 Å². The Kier molecular flexibility index (Phi) is 41.3. The second kappa shape index (κ2) is 43.4. The number of aliphatic hydroxyl groups is 2. The van der Waals surface area contributed by atoms with Gasteiger partial charge >= 0.3 is 5.97 Å². The molecule has 0 heterocycles. The minimum absolute atomic E-state index is 0.0254. The molecule has 3 unspecified atom stereocenters. The molecule has 56 heavy (non-hydrogen) atoms. The van der Waals surface area contributed by atoms with E-state index >= 15 is 0 Å². The van der Waals surface area contributed by atoms with E-state index in [-0.39, 0.29) is 24.9 Å². The summed E-state index contributed by atoms with van der Waals surface area (Å²) < 4.78 is 5.86. The summed E-state index contributed by atoms with van der Waals surface area (Å²) in [6, 6.07) is -0.724. The summed E-state index contributed by atoms with van der Waals surface area (Å²) in [4.78, 5) is 26.0. The van der Waals surface area contributed by atoms with Crippen LogP contribution >= 0.6 is 0 Å². The summed E-state index contributed by atoms with van der Waals surface area (Å²) in [7, 11) is 0. The maximum absolute atomic E-state index is 13.1. The molecule has 322 valence electrons. The summed E-state index contributed by atoms with van der Waals surface area (Å²) >= 11 is 0. The molecule has 0 aromatic heterocycles. The Morgan fingerprint density at radius 1 is 0.554 bits per heavy atom. The number of carbonyl (C=O) groups excluding carboxylic acids is 2. The average Bonchev–Trinajstić information content (AvgIpc) is 3.19. The van der Waals surface area contributed by atoms with Gasteiger partial charge in [-0.05, 0) is 70.6 Å². The average molecular weight is 782 g/mol. The fourth-order valence-electron chi connectivity index (χ4n) is 6.59. The fourth-order valence-corrected chi connectivity index (χ4v) is 6.59. The first-order valence-electron chi connectivity index (χ1n) is 23.2. The topological polar surface area (TPSA) is 95.9 Å². The van der Waals surface area contributed by atoms with E-state index in [9.17, 15) is 19.8 Å². The van der Waals surface area contributed by atoms with Crippen molar-refractivity contribution in [3.63, 3.8) is 0 Å². The van der Waals surface area contributed by atoms with Crippen LogP contribution in [0.4, 0.5) is 0 Å². The highest BCUT2D eigenvalue weighted by atomic mass is 16.5. The number of esters is 1. The van der Waals surface area contributed by atoms with Gasteiger partial charge in [-0.25, -0.2) is 0 Å². The zero-order valence-electron chi connectivity index (χ0n) is 36.5. The van der Waals surface area contributed by atoms with Crippen molar-refractivity contribution < 1.29 is 24.5 Å². The van der Waals surface area contributed by atoms with Gasteiger partial charge in [-0.1, -0.05) is 196 Å². The van der Waals surface area contributed by atoms with Crippen LogP contribution in [0.5, 0.6) is 0 Å². The van der Waals surface area contributed by atoms with Crippen molar-refractivity contribution in [3.05, 3.63) is 72.9 Å². The second-order valence-electron chi connectivity index (χ2n) is 15.5. The molecule has 3 atom stereocenters. The standard InChI is InChI=1S/C50H87NO5/c1-4-7-10-13-16-19-21-22-23-24-25-26-28-31-34-37-40-43-50(55)56-46(41-38-35-32-30-27-20-17-14-11-8-5-2)44-49(54)51-47(45-52)48(53)42-39-36-33-29-18-15-12-9-6-3/h8,11,14,16-17,19-20,22-23,27,30,32,46-48,52-53H,4-7,9-10,12-13,15,18,21,24-26,28-29,31,33-45H2,1-3H3,(H,51,54)/b11-8+,17-14+,19-16-,23-22-,27-20-,32-30-. The van der Waals surface area contributed by atoms with Crippen LogP contribution in [-0.4, -0.2) is 46.9 Å². The predicted octanol–water partition coefficient (Wildman–Crippen LogP) is 13.4. The molecule has 0 fully saturated rings. The molecule has 0 aliphatic carbocycles. The Labute approximate surface area is 345 Å². The Morgan fingerprint density at radius 2 is 1.05 bits per heavy atom. The third-order valence-corrected chi connectivity index (χ3v) is 10.1. The minimum atomic E-state index is -0.806. The SMILES string of the molecule is CC/C=C/C=C/C=C\C=C/CCCC(CC(=O)NC(CO)C(O)CCCCCCCCCCC)OC(=O)CCCCCCCCC/C=C\C/C=C\CCCCC. The van der Waals surface area contributed by atoms with E-state index in [4.69, 9.17) is 4.74 Å². The number of carbonyl (C=O) groups is 2. The van der Waals surface area contributed by atoms with Crippen molar-refractivity contribution in [2.45, 2.75) is 225 Å². The van der Waals surface area contributed by atoms with Gasteiger partial charge in [-0.2, -0.15) is 0 Å². The van der Waals surface area contributed by atoms with Gasteiger partial charge in [0.1, 0.15) is 6.10 Å². The van der Waals surface area contributed by atoms with E-state index in [1.165, 1.54) is 89.9 Å². The molecule has 6 nitrogen and oxygen atoms in total. The number of nitrogens with one attached hydrogen (secondary N) is 1. The highest BCUT2D eigenvalue weighted by Crippen LogP contribution is 2.16. The molecular formula is C50H87NO5. The van der Waals surface area contributed by atoms with Crippen molar-refractivity contribution in [1.82, 2.24) is 5.32 Å². The van der Waals surface area contributed by atoms with Gasteiger partial charge in [0.15, 0.2) is 0 Å². The van der Waals surface area contributed by atoms with Gasteiger partial charge in [0.2, 0.25) is 5.91 Å². The van der Waals surface area contributed by atoms with Crippen LogP contribution in [-0.2, 0) is 14.3 Å². The molecule has 0 rings (SSSR count). The first kappa shape index (κ1) is 53.3. The molecule has 3 N–H and O–H groups in total. The lowest BCUT2D eigenvalue weighted by Gasteiger charge is -2.24. The molecule has 0 saturated carbocycles. The van der Waals surface area contributed by atoms with E-state index in [0.717, 1.165) is 70.6 Å². The van der Waals surface area contributed by atoms with E-state index in [0.29, 0.717) is 19.3 Å². The summed E-state index contributed by atoms with van der Waals surface area (Å²) in [6.45, 7) is 6.25. The Balaban J connectivity index is 4.64. The molecule has 0 radical (unpaired) electrons. The highest BCUT2D eigenvalue weighted by Gasteiger charge is 2.24. The molecule has 0 aliphatic rings. The Hall–Kier alpha value is -2.70. The van der Waals surface area contributed by atoms with Crippen molar-refractivity contribution >= 4 is 11.9 Å². The lowest BCUT2D eigenvalue weighted by atomic mass is 10.0. The Bertz CT molecular complexity index is 1060. The second-order valence-corrected chi connectivity index (χ2v) is 15.5. The van der Waals surface area contributed by atoms with Gasteiger partial charge in [0.25, 0.3) is 0 Å². The van der Waals surface area contributed by atoms with Crippen LogP contribution in [0.2, 0.25) is 0 Å². The van der Waals surface area contributed by atoms with Gasteiger partial charge in [0, 0.05) is 6.42 Å². The smallest absolute Gasteiger partial charge is 0.306 e. The van der Waals surface area contributed by atoms with E-state index < -0.39 is 18.2 Å². The van der Waals surface area contributed by atoms with Crippen LogP contribution in [0, 0.1) is 0 Å². The molecule has 0 aliphatic heterocycles. The quantitative estimate of drug-likeness (QED) is 0.0249. The largest absolute Gasteiger partial charge is 0.462 e. The predicted molar refractivity (Wildman–Crippen MR) is 241 cm³/mol. The molecule has 6 heteroatoms. The van der Waals surface area contributed by atoms with Crippen LogP contribution < -0.4 is 5.32 Å². The van der Waals surface area contributed by atoms with E-state index in [2.05, 4.69) is 62.5 Å². The first-order valence-corrected chi connectivity index (χ1v) is 23.2. The zero-order valence-corrected chi connectivity index (χ0v) is 36.5. The van der Waals surface area contributed by atoms with Gasteiger partial charge in [0.05, 0.1) is 25.2 Å². The third kappa shape index (κ3) is 38.2. The normalized spacial score (nSPS) is 14.0. The summed E-state index contributed by atoms with van der Waals surface area (Å²) in [5.74, 6) is -0.558. The molecule has 1 amide bonds. The highest BCUT2D eigenvalue weighted by molar-refractivity contribution is 5.77. The molecule has 0 saturated heterocycles. The summed E-state index contributed by atoms with van der Waals surface area (Å²) in [5, 5.41) is 23.5. The van der Waals surface area contributed by atoms with Crippen LogP contribution in [0.25, 0.3) is 0 Å². The number of allylic oxidation sites excluding steroid dienone is 12. The molecular weight excluding hydrogens is 695 g/mol. The molecule has 0 bridgehead atoms. The van der Waals surface area contributed by atoms with Crippen molar-refractivity contribution in [1.29, 1.82) is 0 Å². The number of aliphatic hydroxyl groups excluding tert-OH is 2. The number of hydrogen-bond acceptors (Lipinski definition) is 5. The molecule has 0 spiro atoms. The maximum Gasteiger partial charge on any atom is 0.306 e. The number of amides is 1. The molecule has 0 aromatic rings. The Morgan fingerprint density at radius 3 is 1.66 bits per heavy atom. The maximum atomic E-state index is 13.1. The minimum Gasteiger partial charge on any atom is -0.462 e. The lowest BCUT2D eigenvalue weighted by Crippen LogP contribution is -2.46. The monoisotopic (exact) mass is 782 g/mol. The zero-order chi connectivity index (χ0) is 41.0. The number of hydrogen-bond donors (Lipinski definition) is 3. The number of ether oxygens (including phenoxy) is 1. The first-order chi connectivity index (χ1) is 27.5. The lowest BCUT2D eigenvalue weighted by molar-refractivity contribution is -0.151. The summed E-state index contributed by atoms with van der Waals surface area (Å²) in [5.41, 5.74) is 0. The fraction of sp³-hybridized carbons (Fsp3) is 0.720. The van der Waals surface area contributed by atoms with Crippen LogP contribution in [0.15, 0.2) is 72.9 Å². The van der Waals surface area contributed by atoms with Gasteiger partial charge in [-0.3, -0.25) is 9.59 Å². The van der Waals surface area contributed by atoms with Gasteiger partial charge < -0.3 is 20.3 Å². The number of rotatable bonds is 40. The van der Waals surface area contributed by atoms with E-state index in [1.807, 2.05) is 36.5 Å². The third-order valence-electron chi connectivity index (χ3n) is 10.1.